The molecule has 0 spiro atoms. The van der Waals surface area contributed by atoms with Crippen molar-refractivity contribution in [1.82, 2.24) is 14.8 Å². The van der Waals surface area contributed by atoms with Crippen LogP contribution in [0.2, 0.25) is 0 Å². The highest BCUT2D eigenvalue weighted by Crippen LogP contribution is 2.39. The van der Waals surface area contributed by atoms with Gasteiger partial charge >= 0.3 is 11.8 Å². The van der Waals surface area contributed by atoms with E-state index >= 15 is 0 Å². The summed E-state index contributed by atoms with van der Waals surface area (Å²) in [7, 11) is -4.05. The lowest BCUT2D eigenvalue weighted by Crippen LogP contribution is -2.50. The second-order valence-corrected chi connectivity index (χ2v) is 11.4. The number of piperazine rings is 1. The van der Waals surface area contributed by atoms with Crippen molar-refractivity contribution in [3.05, 3.63) is 46.3 Å². The molecule has 2 N–H and O–H groups in total. The maximum Gasteiger partial charge on any atom is 0.409 e. The molecule has 0 radical (unpaired) electrons. The number of nitrogens with zero attached hydrogens (tertiary/aromatic N) is 5. The van der Waals surface area contributed by atoms with Crippen LogP contribution in [0.3, 0.4) is 0 Å². The quantitative estimate of drug-likeness (QED) is 0.423. The van der Waals surface area contributed by atoms with Crippen molar-refractivity contribution >= 4 is 38.1 Å². The monoisotopic (exact) mass is 524 g/mol. The van der Waals surface area contributed by atoms with Crippen molar-refractivity contribution in [2.75, 3.05) is 44.2 Å². The number of piperidine rings is 1. The first kappa shape index (κ1) is 25.3. The minimum Gasteiger partial charge on any atom is -0.448 e. The maximum absolute atomic E-state index is 12.7. The van der Waals surface area contributed by atoms with Gasteiger partial charge in [-0.1, -0.05) is 17.8 Å². The number of likely N-dealkylation sites (tertiary alicyclic amines) is 1. The van der Waals surface area contributed by atoms with Gasteiger partial charge in [0.1, 0.15) is 10.8 Å². The summed E-state index contributed by atoms with van der Waals surface area (Å²) in [5, 5.41) is 16.8. The molecule has 1 unspecified atom stereocenters. The number of hydrogen-bond acceptors (Lipinski definition) is 10. The second kappa shape index (κ2) is 10.8. The van der Waals surface area contributed by atoms with Crippen LogP contribution in [0.4, 0.5) is 15.5 Å². The van der Waals surface area contributed by atoms with E-state index < -0.39 is 21.0 Å². The molecule has 14 heteroatoms. The molecule has 0 aliphatic carbocycles. The van der Waals surface area contributed by atoms with Gasteiger partial charge in [-0.05, 0) is 37.1 Å². The number of hydrogen-bond donors (Lipinski definition) is 1. The summed E-state index contributed by atoms with van der Waals surface area (Å²) in [6.07, 6.45) is 6.29. The van der Waals surface area contributed by atoms with E-state index in [1.165, 1.54) is 5.56 Å². The van der Waals surface area contributed by atoms with Gasteiger partial charge in [0.2, 0.25) is 10.0 Å². The number of sulfonamides is 1. The smallest absolute Gasteiger partial charge is 0.409 e. The van der Waals surface area contributed by atoms with E-state index in [9.17, 15) is 23.3 Å². The molecule has 4 heterocycles. The van der Waals surface area contributed by atoms with Crippen molar-refractivity contribution in [2.24, 2.45) is 5.14 Å². The molecule has 2 aromatic rings. The van der Waals surface area contributed by atoms with Gasteiger partial charge in [-0.25, -0.2) is 18.4 Å². The molecule has 1 atom stereocenters. The number of nitro groups is 1. The third-order valence-corrected chi connectivity index (χ3v) is 8.86. The normalized spacial score (nSPS) is 19.5. The Morgan fingerprint density at radius 3 is 2.57 bits per heavy atom. The molecule has 0 bridgehead atoms. The average molecular weight is 525 g/mol. The van der Waals surface area contributed by atoms with E-state index in [1.807, 2.05) is 12.1 Å². The second-order valence-electron chi connectivity index (χ2n) is 8.58. The number of ether oxygens (including phenoxy) is 1. The fourth-order valence-electron chi connectivity index (χ4n) is 4.38. The molecule has 12 nitrogen and oxygen atoms in total. The number of primary sulfonamides is 1. The Kier molecular flexibility index (Phi) is 7.84. The molecule has 35 heavy (non-hydrogen) atoms. The van der Waals surface area contributed by atoms with Crippen LogP contribution in [0.1, 0.15) is 24.8 Å². The van der Waals surface area contributed by atoms with E-state index in [-0.39, 0.29) is 20.9 Å². The van der Waals surface area contributed by atoms with Crippen molar-refractivity contribution in [1.29, 1.82) is 0 Å². The Morgan fingerprint density at radius 1 is 1.20 bits per heavy atom. The number of carbonyl (C=O) groups excluding carboxylic acids is 1. The van der Waals surface area contributed by atoms with Gasteiger partial charge in [0.25, 0.3) is 0 Å². The fourth-order valence-corrected chi connectivity index (χ4v) is 6.27. The zero-order chi connectivity index (χ0) is 25.0. The molecule has 190 valence electrons. The van der Waals surface area contributed by atoms with Crippen LogP contribution >= 0.6 is 11.3 Å². The zero-order valence-electron chi connectivity index (χ0n) is 19.1. The topological polar surface area (TPSA) is 152 Å². The predicted molar refractivity (Wildman–Crippen MR) is 130 cm³/mol. The minimum atomic E-state index is -4.05. The molecule has 0 aromatic carbocycles. The molecule has 2 aromatic heterocycles. The van der Waals surface area contributed by atoms with Crippen molar-refractivity contribution < 1.29 is 22.9 Å². The van der Waals surface area contributed by atoms with Crippen LogP contribution in [0.25, 0.3) is 0 Å². The van der Waals surface area contributed by atoms with E-state index in [0.29, 0.717) is 32.8 Å². The standard InChI is InChI=1S/C21H28N6O6S2/c22-35(31,32)19-13-18(27(29)30)20(34-19)24-9-11-25(12-10-24)21(28)33-15-17-3-1-2-8-26(17)14-16-4-6-23-7-5-16/h4-7,13,17H,1-3,8-12,14-15H2,(H2,22,31,32). The van der Waals surface area contributed by atoms with Gasteiger partial charge in [-0.3, -0.25) is 20.0 Å². The number of aromatic nitrogens is 1. The summed E-state index contributed by atoms with van der Waals surface area (Å²) in [6, 6.07) is 5.10. The molecular weight excluding hydrogens is 496 g/mol. The molecule has 2 fully saturated rings. The van der Waals surface area contributed by atoms with Gasteiger partial charge in [0.15, 0.2) is 5.00 Å². The number of pyridine rings is 1. The largest absolute Gasteiger partial charge is 0.448 e. The number of nitrogens with two attached hydrogens (primary N) is 1. The van der Waals surface area contributed by atoms with Gasteiger partial charge in [-0.2, -0.15) is 0 Å². The predicted octanol–water partition coefficient (Wildman–Crippen LogP) is 2.01. The Hall–Kier alpha value is -2.81. The molecule has 2 aliphatic rings. The van der Waals surface area contributed by atoms with E-state index in [4.69, 9.17) is 9.88 Å². The fraction of sp³-hybridized carbons (Fsp3) is 0.524. The lowest BCUT2D eigenvalue weighted by atomic mass is 10.0. The Bertz CT molecular complexity index is 1150. The van der Waals surface area contributed by atoms with Crippen LogP contribution in [0.5, 0.6) is 0 Å². The van der Waals surface area contributed by atoms with E-state index in [0.717, 1.165) is 49.8 Å². The average Bonchev–Trinajstić information content (AvgIpc) is 3.31. The van der Waals surface area contributed by atoms with Crippen LogP contribution in [0, 0.1) is 10.1 Å². The van der Waals surface area contributed by atoms with Crippen LogP contribution < -0.4 is 10.0 Å². The first-order valence-corrected chi connectivity index (χ1v) is 13.7. The zero-order valence-corrected chi connectivity index (χ0v) is 20.7. The summed E-state index contributed by atoms with van der Waals surface area (Å²) >= 11 is 0.768. The van der Waals surface area contributed by atoms with Gasteiger partial charge in [-0.15, -0.1) is 0 Å². The lowest BCUT2D eigenvalue weighted by Gasteiger charge is -2.37. The Balaban J connectivity index is 1.31. The van der Waals surface area contributed by atoms with E-state index in [1.54, 1.807) is 22.2 Å². The number of rotatable bonds is 7. The van der Waals surface area contributed by atoms with Crippen LogP contribution in [0.15, 0.2) is 34.8 Å². The molecule has 0 saturated carbocycles. The Labute approximate surface area is 207 Å². The molecule has 4 rings (SSSR count). The highest BCUT2D eigenvalue weighted by atomic mass is 32.2. The summed E-state index contributed by atoms with van der Waals surface area (Å²) in [5.41, 5.74) is 0.865. The maximum atomic E-state index is 12.7. The van der Waals surface area contributed by atoms with Crippen LogP contribution in [-0.4, -0.2) is 79.6 Å². The summed E-state index contributed by atoms with van der Waals surface area (Å²) in [5.74, 6) is 0. The summed E-state index contributed by atoms with van der Waals surface area (Å²) < 4.78 is 28.7. The number of carbonyl (C=O) groups is 1. The lowest BCUT2D eigenvalue weighted by molar-refractivity contribution is -0.383. The molecular formula is C21H28N6O6S2. The first-order valence-electron chi connectivity index (χ1n) is 11.3. The van der Waals surface area contributed by atoms with Crippen LogP contribution in [-0.2, 0) is 21.3 Å². The van der Waals surface area contributed by atoms with Crippen molar-refractivity contribution in [3.63, 3.8) is 0 Å². The van der Waals surface area contributed by atoms with Gasteiger partial charge < -0.3 is 14.5 Å². The Morgan fingerprint density at radius 2 is 1.91 bits per heavy atom. The van der Waals surface area contributed by atoms with Gasteiger partial charge in [0, 0.05) is 57.2 Å². The SMILES string of the molecule is NS(=O)(=O)c1cc([N+](=O)[O-])c(N2CCN(C(=O)OCC3CCCCN3Cc3ccncc3)CC2)s1. The first-order chi connectivity index (χ1) is 16.7. The highest BCUT2D eigenvalue weighted by molar-refractivity contribution is 7.91. The van der Waals surface area contributed by atoms with Gasteiger partial charge in [0.05, 0.1) is 4.92 Å². The van der Waals surface area contributed by atoms with Crippen molar-refractivity contribution in [2.45, 2.75) is 36.1 Å². The number of anilines is 1. The molecule has 1 amide bonds. The third kappa shape index (κ3) is 6.25. The molecule has 2 aliphatic heterocycles. The molecule has 2 saturated heterocycles. The third-order valence-electron chi connectivity index (χ3n) is 6.26. The van der Waals surface area contributed by atoms with Crippen molar-refractivity contribution in [3.8, 4) is 0 Å². The summed E-state index contributed by atoms with van der Waals surface area (Å²) in [4.78, 5) is 33.2. The highest BCUT2D eigenvalue weighted by Gasteiger charge is 2.32. The summed E-state index contributed by atoms with van der Waals surface area (Å²) in [6.45, 7) is 3.29. The minimum absolute atomic E-state index is 0.146. The number of thiophene rings is 1. The van der Waals surface area contributed by atoms with E-state index in [2.05, 4.69) is 9.88 Å². The number of amides is 1.